The monoisotopic (exact) mass is 361 g/mol. The Morgan fingerprint density at radius 1 is 0.963 bits per heavy atom. The molecule has 3 aromatic carbocycles. The fourth-order valence-corrected chi connectivity index (χ4v) is 3.05. The first kappa shape index (κ1) is 17.1. The molecule has 0 spiro atoms. The van der Waals surface area contributed by atoms with Gasteiger partial charge in [-0.2, -0.15) is 0 Å². The highest BCUT2D eigenvalue weighted by Crippen LogP contribution is 2.35. The summed E-state index contributed by atoms with van der Waals surface area (Å²) in [4.78, 5) is 12.4. The van der Waals surface area contributed by atoms with Crippen LogP contribution in [0, 0.1) is 0 Å². The van der Waals surface area contributed by atoms with E-state index in [1.807, 2.05) is 48.5 Å². The highest BCUT2D eigenvalue weighted by Gasteiger charge is 2.18. The van der Waals surface area contributed by atoms with Crippen molar-refractivity contribution in [1.29, 1.82) is 0 Å². The molecule has 1 aliphatic rings. The van der Waals surface area contributed by atoms with Crippen molar-refractivity contribution in [3.8, 4) is 11.5 Å². The van der Waals surface area contributed by atoms with E-state index >= 15 is 0 Å². The van der Waals surface area contributed by atoms with Crippen LogP contribution in [-0.2, 0) is 6.42 Å². The molecule has 0 aliphatic carbocycles. The lowest BCUT2D eigenvalue weighted by Gasteiger charge is -2.15. The van der Waals surface area contributed by atoms with Crippen LogP contribution in [0.5, 0.6) is 11.5 Å². The van der Waals surface area contributed by atoms with Gasteiger partial charge in [0.05, 0.1) is 6.10 Å². The van der Waals surface area contributed by atoms with Gasteiger partial charge in [-0.25, -0.2) is 0 Å². The second kappa shape index (κ2) is 7.51. The van der Waals surface area contributed by atoms with Gasteiger partial charge in [0.25, 0.3) is 5.91 Å². The Kier molecular flexibility index (Phi) is 4.77. The number of anilines is 1. The van der Waals surface area contributed by atoms with E-state index < -0.39 is 6.10 Å². The van der Waals surface area contributed by atoms with E-state index in [1.165, 1.54) is 0 Å². The third-order valence-corrected chi connectivity index (χ3v) is 4.50. The first-order chi connectivity index (χ1) is 13.2. The summed E-state index contributed by atoms with van der Waals surface area (Å²) in [7, 11) is 0. The van der Waals surface area contributed by atoms with Crippen LogP contribution in [0.2, 0.25) is 0 Å². The molecule has 5 heteroatoms. The summed E-state index contributed by atoms with van der Waals surface area (Å²) in [6, 6.07) is 21.9. The molecule has 2 N–H and O–H groups in total. The summed E-state index contributed by atoms with van der Waals surface area (Å²) in [5.41, 5.74) is 2.87. The Balaban J connectivity index is 1.52. The van der Waals surface area contributed by atoms with E-state index in [0.717, 1.165) is 11.1 Å². The van der Waals surface area contributed by atoms with Crippen molar-refractivity contribution in [2.45, 2.75) is 12.5 Å². The zero-order chi connectivity index (χ0) is 18.6. The van der Waals surface area contributed by atoms with Gasteiger partial charge in [-0.05, 0) is 41.5 Å². The molecule has 1 amide bonds. The van der Waals surface area contributed by atoms with Gasteiger partial charge >= 0.3 is 0 Å². The molecule has 4 rings (SSSR count). The summed E-state index contributed by atoms with van der Waals surface area (Å²) in [6.45, 7) is 0.198. The number of aliphatic hydroxyl groups excluding tert-OH is 1. The van der Waals surface area contributed by atoms with E-state index in [1.54, 1.807) is 24.3 Å². The maximum atomic E-state index is 12.4. The van der Waals surface area contributed by atoms with E-state index in [0.29, 0.717) is 29.2 Å². The summed E-state index contributed by atoms with van der Waals surface area (Å²) in [5, 5.41) is 13.6. The molecule has 0 aromatic heterocycles. The van der Waals surface area contributed by atoms with Gasteiger partial charge in [0.1, 0.15) is 0 Å². The maximum Gasteiger partial charge on any atom is 0.255 e. The number of ether oxygens (including phenoxy) is 2. The zero-order valence-electron chi connectivity index (χ0n) is 14.6. The Morgan fingerprint density at radius 3 is 2.56 bits per heavy atom. The third kappa shape index (κ3) is 3.78. The predicted molar refractivity (Wildman–Crippen MR) is 102 cm³/mol. The smallest absolute Gasteiger partial charge is 0.255 e. The minimum atomic E-state index is -0.728. The number of benzene rings is 3. The van der Waals surface area contributed by atoms with E-state index in [4.69, 9.17) is 9.47 Å². The lowest BCUT2D eigenvalue weighted by molar-refractivity contribution is 0.102. The van der Waals surface area contributed by atoms with Crippen LogP contribution in [-0.4, -0.2) is 17.8 Å². The molecular formula is C22H19NO4. The number of rotatable bonds is 5. The zero-order valence-corrected chi connectivity index (χ0v) is 14.6. The molecule has 1 atom stereocenters. The van der Waals surface area contributed by atoms with Gasteiger partial charge in [0.15, 0.2) is 11.5 Å². The average Bonchev–Trinajstić information content (AvgIpc) is 3.18. The molecule has 0 fully saturated rings. The molecule has 136 valence electrons. The lowest BCUT2D eigenvalue weighted by Crippen LogP contribution is -2.14. The highest BCUT2D eigenvalue weighted by atomic mass is 16.7. The Bertz CT molecular complexity index is 956. The van der Waals surface area contributed by atoms with Crippen LogP contribution in [0.4, 0.5) is 5.69 Å². The van der Waals surface area contributed by atoms with Crippen LogP contribution < -0.4 is 14.8 Å². The summed E-state index contributed by atoms with van der Waals surface area (Å²) in [6.07, 6.45) is -0.362. The van der Waals surface area contributed by atoms with Gasteiger partial charge in [-0.3, -0.25) is 4.79 Å². The minimum absolute atomic E-state index is 0.180. The Morgan fingerprint density at radius 2 is 1.70 bits per heavy atom. The number of hydrogen-bond acceptors (Lipinski definition) is 4. The fourth-order valence-electron chi connectivity index (χ4n) is 3.05. The molecule has 27 heavy (non-hydrogen) atoms. The molecule has 1 heterocycles. The number of carbonyl (C=O) groups is 1. The molecule has 0 saturated heterocycles. The van der Waals surface area contributed by atoms with Crippen molar-refractivity contribution in [1.82, 2.24) is 0 Å². The van der Waals surface area contributed by atoms with E-state index in [9.17, 15) is 9.90 Å². The van der Waals surface area contributed by atoms with Gasteiger partial charge in [-0.15, -0.1) is 0 Å². The largest absolute Gasteiger partial charge is 0.454 e. The minimum Gasteiger partial charge on any atom is -0.454 e. The van der Waals surface area contributed by atoms with Crippen LogP contribution >= 0.6 is 0 Å². The van der Waals surface area contributed by atoms with Crippen LogP contribution in [0.15, 0.2) is 72.8 Å². The van der Waals surface area contributed by atoms with Crippen molar-refractivity contribution in [3.63, 3.8) is 0 Å². The summed E-state index contributed by atoms with van der Waals surface area (Å²) in [5.74, 6) is 1.14. The van der Waals surface area contributed by atoms with Crippen LogP contribution in [0.25, 0.3) is 0 Å². The predicted octanol–water partition coefficient (Wildman–Crippen LogP) is 3.94. The molecule has 0 saturated carbocycles. The lowest BCUT2D eigenvalue weighted by atomic mass is 9.99. The number of amides is 1. The van der Waals surface area contributed by atoms with Crippen molar-refractivity contribution >= 4 is 11.6 Å². The van der Waals surface area contributed by atoms with Gasteiger partial charge < -0.3 is 19.9 Å². The average molecular weight is 361 g/mol. The molecule has 0 unspecified atom stereocenters. The maximum absolute atomic E-state index is 12.4. The number of fused-ring (bicyclic) bond motifs is 1. The molecule has 1 aliphatic heterocycles. The normalized spacial score (nSPS) is 13.2. The van der Waals surface area contributed by atoms with Crippen molar-refractivity contribution in [2.24, 2.45) is 0 Å². The van der Waals surface area contributed by atoms with E-state index in [2.05, 4.69) is 5.32 Å². The standard InChI is InChI=1S/C22H19NO4/c24-19(17-10-11-20-21(13-17)27-14-26-20)12-16-8-4-5-9-18(16)23-22(25)15-6-2-1-3-7-15/h1-11,13,19,24H,12,14H2,(H,23,25)/t19-/m0/s1. The molecule has 5 nitrogen and oxygen atoms in total. The van der Waals surface area contributed by atoms with Crippen molar-refractivity contribution in [3.05, 3.63) is 89.5 Å². The van der Waals surface area contributed by atoms with Crippen molar-refractivity contribution in [2.75, 3.05) is 12.1 Å². The number of para-hydroxylation sites is 1. The number of carbonyl (C=O) groups excluding carboxylic acids is 1. The Labute approximate surface area is 157 Å². The van der Waals surface area contributed by atoms with Crippen molar-refractivity contribution < 1.29 is 19.4 Å². The quantitative estimate of drug-likeness (QED) is 0.722. The SMILES string of the molecule is O=C(Nc1ccccc1C[C@H](O)c1ccc2c(c1)OCO2)c1ccccc1. The molecule has 3 aromatic rings. The first-order valence-electron chi connectivity index (χ1n) is 8.72. The topological polar surface area (TPSA) is 67.8 Å². The summed E-state index contributed by atoms with van der Waals surface area (Å²) >= 11 is 0. The first-order valence-corrected chi connectivity index (χ1v) is 8.72. The van der Waals surface area contributed by atoms with Crippen LogP contribution in [0.3, 0.4) is 0 Å². The highest BCUT2D eigenvalue weighted by molar-refractivity contribution is 6.04. The van der Waals surface area contributed by atoms with Gasteiger partial charge in [0.2, 0.25) is 6.79 Å². The second-order valence-electron chi connectivity index (χ2n) is 6.31. The number of nitrogens with one attached hydrogen (secondary N) is 1. The van der Waals surface area contributed by atoms with Crippen LogP contribution in [0.1, 0.15) is 27.6 Å². The fraction of sp³-hybridized carbons (Fsp3) is 0.136. The van der Waals surface area contributed by atoms with E-state index in [-0.39, 0.29) is 12.7 Å². The number of hydrogen-bond donors (Lipinski definition) is 2. The summed E-state index contributed by atoms with van der Waals surface area (Å²) < 4.78 is 10.7. The second-order valence-corrected chi connectivity index (χ2v) is 6.31. The number of aliphatic hydroxyl groups is 1. The molecule has 0 bridgehead atoms. The Hall–Kier alpha value is -3.31. The molecular weight excluding hydrogens is 342 g/mol. The van der Waals surface area contributed by atoms with Gasteiger partial charge in [0, 0.05) is 17.7 Å². The third-order valence-electron chi connectivity index (χ3n) is 4.50. The molecule has 0 radical (unpaired) electrons. The van der Waals surface area contributed by atoms with Gasteiger partial charge in [-0.1, -0.05) is 42.5 Å².